The zero-order valence-corrected chi connectivity index (χ0v) is 13.0. The molecule has 0 saturated carbocycles. The van der Waals surface area contributed by atoms with Gasteiger partial charge in [0.2, 0.25) is 0 Å². The number of ether oxygens (including phenoxy) is 2. The minimum absolute atomic E-state index is 0.590. The van der Waals surface area contributed by atoms with E-state index in [0.717, 1.165) is 23.5 Å². The molecular weight excluding hydrogens is 274 g/mol. The summed E-state index contributed by atoms with van der Waals surface area (Å²) < 4.78 is 10.5. The zero-order valence-electron chi connectivity index (χ0n) is 12.2. The van der Waals surface area contributed by atoms with Crippen LogP contribution in [0.1, 0.15) is 23.2 Å². The van der Waals surface area contributed by atoms with Crippen LogP contribution in [-0.4, -0.2) is 50.8 Å². The van der Waals surface area contributed by atoms with E-state index in [1.807, 2.05) is 6.07 Å². The number of carbonyl (C=O) groups is 1. The Hall–Kier alpha value is -1.20. The Morgan fingerprint density at radius 1 is 1.35 bits per heavy atom. The number of aldehydes is 1. The van der Waals surface area contributed by atoms with Crippen molar-refractivity contribution in [1.29, 1.82) is 0 Å². The molecule has 0 N–H and O–H groups in total. The molecule has 20 heavy (non-hydrogen) atoms. The van der Waals surface area contributed by atoms with E-state index >= 15 is 0 Å². The maximum atomic E-state index is 11.2. The molecule has 4 nitrogen and oxygen atoms in total. The highest BCUT2D eigenvalue weighted by atomic mass is 32.2. The van der Waals surface area contributed by atoms with Crippen molar-refractivity contribution in [1.82, 2.24) is 4.90 Å². The molecule has 1 atom stereocenters. The van der Waals surface area contributed by atoms with Gasteiger partial charge in [-0.15, -0.1) is 11.8 Å². The van der Waals surface area contributed by atoms with Crippen molar-refractivity contribution in [3.05, 3.63) is 17.7 Å². The van der Waals surface area contributed by atoms with E-state index in [4.69, 9.17) is 9.47 Å². The minimum atomic E-state index is 0.590. The topological polar surface area (TPSA) is 38.8 Å². The number of hydrogen-bond acceptors (Lipinski definition) is 5. The van der Waals surface area contributed by atoms with E-state index in [2.05, 4.69) is 11.9 Å². The second kappa shape index (κ2) is 6.99. The summed E-state index contributed by atoms with van der Waals surface area (Å²) in [6.07, 6.45) is 3.37. The first kappa shape index (κ1) is 15.2. The monoisotopic (exact) mass is 295 g/mol. The first-order chi connectivity index (χ1) is 9.69. The molecule has 1 aliphatic rings. The van der Waals surface area contributed by atoms with Gasteiger partial charge in [-0.1, -0.05) is 0 Å². The largest absolute Gasteiger partial charge is 0.493 e. The third kappa shape index (κ3) is 3.27. The summed E-state index contributed by atoms with van der Waals surface area (Å²) in [5.74, 6) is 2.25. The molecule has 0 aromatic heterocycles. The first-order valence-electron chi connectivity index (χ1n) is 6.73. The third-order valence-electron chi connectivity index (χ3n) is 3.75. The van der Waals surface area contributed by atoms with Gasteiger partial charge < -0.3 is 14.4 Å². The molecule has 0 spiro atoms. The van der Waals surface area contributed by atoms with Crippen LogP contribution in [0.25, 0.3) is 0 Å². The Morgan fingerprint density at radius 3 is 2.60 bits per heavy atom. The molecule has 5 heteroatoms. The van der Waals surface area contributed by atoms with Crippen LogP contribution in [0, 0.1) is 0 Å². The van der Waals surface area contributed by atoms with Gasteiger partial charge in [0.05, 0.1) is 14.2 Å². The smallest absolute Gasteiger partial charge is 0.161 e. The number of hydrogen-bond donors (Lipinski definition) is 0. The highest BCUT2D eigenvalue weighted by Gasteiger charge is 2.21. The third-order valence-corrected chi connectivity index (χ3v) is 4.96. The number of likely N-dealkylation sites (tertiary alicyclic amines) is 1. The Balaban J connectivity index is 2.15. The molecular formula is C15H21NO3S. The lowest BCUT2D eigenvalue weighted by Gasteiger charge is -2.19. The number of carbonyl (C=O) groups excluding carboxylic acids is 1. The second-order valence-electron chi connectivity index (χ2n) is 4.95. The molecule has 0 amide bonds. The quantitative estimate of drug-likeness (QED) is 0.596. The Kier molecular flexibility index (Phi) is 5.31. The van der Waals surface area contributed by atoms with Crippen molar-refractivity contribution >= 4 is 18.0 Å². The van der Waals surface area contributed by atoms with Gasteiger partial charge >= 0.3 is 0 Å². The lowest BCUT2D eigenvalue weighted by Crippen LogP contribution is -2.26. The van der Waals surface area contributed by atoms with E-state index in [0.29, 0.717) is 23.1 Å². The predicted octanol–water partition coefficient (Wildman–Crippen LogP) is 2.70. The average molecular weight is 295 g/mol. The summed E-state index contributed by atoms with van der Waals surface area (Å²) in [7, 11) is 5.35. The highest BCUT2D eigenvalue weighted by molar-refractivity contribution is 7.99. The van der Waals surface area contributed by atoms with Crippen LogP contribution >= 0.6 is 11.8 Å². The summed E-state index contributed by atoms with van der Waals surface area (Å²) >= 11 is 1.71. The summed E-state index contributed by atoms with van der Waals surface area (Å²) in [6, 6.07) is 4.22. The van der Waals surface area contributed by atoms with Gasteiger partial charge in [0.15, 0.2) is 17.8 Å². The number of methoxy groups -OCH3 is 2. The van der Waals surface area contributed by atoms with Crippen molar-refractivity contribution in [3.8, 4) is 11.5 Å². The fourth-order valence-electron chi connectivity index (χ4n) is 2.47. The lowest BCUT2D eigenvalue weighted by molar-refractivity contribution is 0.112. The van der Waals surface area contributed by atoms with Crippen molar-refractivity contribution in [2.75, 3.05) is 33.6 Å². The minimum Gasteiger partial charge on any atom is -0.493 e. The lowest BCUT2D eigenvalue weighted by atomic mass is 10.2. The molecule has 1 fully saturated rings. The molecule has 110 valence electrons. The number of benzene rings is 1. The van der Waals surface area contributed by atoms with E-state index in [-0.39, 0.29) is 0 Å². The van der Waals surface area contributed by atoms with Crippen LogP contribution < -0.4 is 9.47 Å². The standard InChI is InChI=1S/C15H21NO3S/c1-16-6-4-5-12(16)10-20-15-8-14(19-3)13(18-2)7-11(15)9-17/h7-9,12H,4-6,10H2,1-3H3/t12-/m0/s1. The molecule has 1 saturated heterocycles. The fraction of sp³-hybridized carbons (Fsp3) is 0.533. The summed E-state index contributed by atoms with van der Waals surface area (Å²) in [6.45, 7) is 1.16. The van der Waals surface area contributed by atoms with E-state index in [1.165, 1.54) is 12.8 Å². The molecule has 1 aromatic rings. The molecule has 0 radical (unpaired) electrons. The van der Waals surface area contributed by atoms with Crippen LogP contribution in [0.4, 0.5) is 0 Å². The van der Waals surface area contributed by atoms with Gasteiger partial charge in [-0.2, -0.15) is 0 Å². The van der Waals surface area contributed by atoms with E-state index < -0.39 is 0 Å². The Morgan fingerprint density at radius 2 is 2.05 bits per heavy atom. The highest BCUT2D eigenvalue weighted by Crippen LogP contribution is 2.35. The molecule has 1 aromatic carbocycles. The predicted molar refractivity (Wildman–Crippen MR) is 81.3 cm³/mol. The van der Waals surface area contributed by atoms with Crippen molar-refractivity contribution in [2.24, 2.45) is 0 Å². The average Bonchev–Trinajstić information content (AvgIpc) is 2.89. The summed E-state index contributed by atoms with van der Waals surface area (Å²) in [5, 5.41) is 0. The first-order valence-corrected chi connectivity index (χ1v) is 7.72. The molecule has 1 heterocycles. The van der Waals surface area contributed by atoms with Gasteiger partial charge in [-0.25, -0.2) is 0 Å². The van der Waals surface area contributed by atoms with Gasteiger partial charge in [-0.3, -0.25) is 4.79 Å². The van der Waals surface area contributed by atoms with Gasteiger partial charge in [0.1, 0.15) is 0 Å². The molecule has 0 unspecified atom stereocenters. The van der Waals surface area contributed by atoms with Gasteiger partial charge in [0, 0.05) is 22.3 Å². The van der Waals surface area contributed by atoms with E-state index in [9.17, 15) is 4.79 Å². The molecule has 2 rings (SSSR count). The maximum Gasteiger partial charge on any atom is 0.161 e. The fourth-order valence-corrected chi connectivity index (χ4v) is 3.73. The van der Waals surface area contributed by atoms with E-state index in [1.54, 1.807) is 32.0 Å². The van der Waals surface area contributed by atoms with Crippen molar-refractivity contribution in [2.45, 2.75) is 23.8 Å². The van der Waals surface area contributed by atoms with Crippen LogP contribution in [0.5, 0.6) is 11.5 Å². The van der Waals surface area contributed by atoms with Gasteiger partial charge in [-0.05, 0) is 38.6 Å². The van der Waals surface area contributed by atoms with Crippen molar-refractivity contribution in [3.63, 3.8) is 0 Å². The summed E-state index contributed by atoms with van der Waals surface area (Å²) in [5.41, 5.74) is 0.660. The molecule has 0 bridgehead atoms. The normalized spacial score (nSPS) is 19.1. The van der Waals surface area contributed by atoms with Crippen LogP contribution in [0.2, 0.25) is 0 Å². The maximum absolute atomic E-state index is 11.2. The van der Waals surface area contributed by atoms with Crippen molar-refractivity contribution < 1.29 is 14.3 Å². The SMILES string of the molecule is COc1cc(C=O)c(SC[C@@H]2CCCN2C)cc1OC. The summed E-state index contributed by atoms with van der Waals surface area (Å²) in [4.78, 5) is 14.6. The van der Waals surface area contributed by atoms with Gasteiger partial charge in [0.25, 0.3) is 0 Å². The van der Waals surface area contributed by atoms with Crippen LogP contribution in [0.3, 0.4) is 0 Å². The van der Waals surface area contributed by atoms with Crippen LogP contribution in [-0.2, 0) is 0 Å². The Bertz CT molecular complexity index is 478. The Labute approximate surface area is 124 Å². The molecule has 0 aliphatic carbocycles. The number of rotatable bonds is 6. The number of thioether (sulfide) groups is 1. The van der Waals surface area contributed by atoms with Crippen LogP contribution in [0.15, 0.2) is 17.0 Å². The zero-order chi connectivity index (χ0) is 14.5. The number of nitrogens with zero attached hydrogens (tertiary/aromatic N) is 1. The molecule has 1 aliphatic heterocycles. The second-order valence-corrected chi connectivity index (χ2v) is 6.01.